The Bertz CT molecular complexity index is 577. The van der Waals surface area contributed by atoms with Crippen molar-refractivity contribution in [2.24, 2.45) is 0 Å². The summed E-state index contributed by atoms with van der Waals surface area (Å²) in [5, 5.41) is 4.04. The van der Waals surface area contributed by atoms with E-state index in [2.05, 4.69) is 10.1 Å². The quantitative estimate of drug-likeness (QED) is 0.856. The van der Waals surface area contributed by atoms with Crippen LogP contribution in [0.4, 0.5) is 0 Å². The predicted octanol–water partition coefficient (Wildman–Crippen LogP) is 3.57. The third-order valence-electron chi connectivity index (χ3n) is 3.09. The third-order valence-corrected chi connectivity index (χ3v) is 3.34. The first-order valence-corrected chi connectivity index (χ1v) is 6.63. The van der Waals surface area contributed by atoms with Crippen LogP contribution in [0.25, 0.3) is 0 Å². The van der Waals surface area contributed by atoms with Crippen LogP contribution < -0.4 is 5.32 Å². The van der Waals surface area contributed by atoms with Gasteiger partial charge in [-0.2, -0.15) is 0 Å². The summed E-state index contributed by atoms with van der Waals surface area (Å²) < 4.78 is 9.80. The minimum Gasteiger partial charge on any atom is -0.463 e. The van der Waals surface area contributed by atoms with Gasteiger partial charge in [0, 0.05) is 23.2 Å². The molecule has 0 aliphatic carbocycles. The number of methoxy groups -OCH3 is 1. The Labute approximate surface area is 122 Å². The molecule has 0 aliphatic rings. The SMILES string of the molecule is COC(=O)c1occc1CNC(C)c1ccc(Cl)cc1. The highest BCUT2D eigenvalue weighted by atomic mass is 35.5. The predicted molar refractivity (Wildman–Crippen MR) is 76.8 cm³/mol. The zero-order valence-electron chi connectivity index (χ0n) is 11.4. The number of hydrogen-bond donors (Lipinski definition) is 1. The lowest BCUT2D eigenvalue weighted by Crippen LogP contribution is -2.19. The Hall–Kier alpha value is -1.78. The van der Waals surface area contributed by atoms with Gasteiger partial charge in [-0.25, -0.2) is 4.79 Å². The summed E-state index contributed by atoms with van der Waals surface area (Å²) in [5.74, 6) is -0.228. The van der Waals surface area contributed by atoms with Crippen LogP contribution in [-0.4, -0.2) is 13.1 Å². The molecule has 106 valence electrons. The number of esters is 1. The van der Waals surface area contributed by atoms with E-state index in [1.54, 1.807) is 6.07 Å². The minimum atomic E-state index is -0.467. The fraction of sp³-hybridized carbons (Fsp3) is 0.267. The molecule has 1 N–H and O–H groups in total. The van der Waals surface area contributed by atoms with Crippen molar-refractivity contribution in [1.82, 2.24) is 5.32 Å². The zero-order chi connectivity index (χ0) is 14.5. The van der Waals surface area contributed by atoms with Gasteiger partial charge in [0.15, 0.2) is 0 Å². The monoisotopic (exact) mass is 293 g/mol. The van der Waals surface area contributed by atoms with Gasteiger partial charge in [0.05, 0.1) is 13.4 Å². The van der Waals surface area contributed by atoms with Gasteiger partial charge in [-0.05, 0) is 30.7 Å². The molecule has 0 radical (unpaired) electrons. The highest BCUT2D eigenvalue weighted by Crippen LogP contribution is 2.18. The largest absolute Gasteiger partial charge is 0.463 e. The van der Waals surface area contributed by atoms with E-state index in [4.69, 9.17) is 16.0 Å². The van der Waals surface area contributed by atoms with Crippen LogP contribution in [0.3, 0.4) is 0 Å². The second kappa shape index (κ2) is 6.59. The van der Waals surface area contributed by atoms with Gasteiger partial charge in [0.2, 0.25) is 5.76 Å². The van der Waals surface area contributed by atoms with Gasteiger partial charge in [0.1, 0.15) is 0 Å². The Balaban J connectivity index is 2.00. The topological polar surface area (TPSA) is 51.5 Å². The van der Waals surface area contributed by atoms with Crippen molar-refractivity contribution in [2.75, 3.05) is 7.11 Å². The first-order chi connectivity index (χ1) is 9.61. The number of benzene rings is 1. The van der Waals surface area contributed by atoms with Crippen LogP contribution in [-0.2, 0) is 11.3 Å². The van der Waals surface area contributed by atoms with E-state index in [9.17, 15) is 4.79 Å². The summed E-state index contributed by atoms with van der Waals surface area (Å²) in [6, 6.07) is 9.54. The second-order valence-electron chi connectivity index (χ2n) is 4.42. The number of furan rings is 1. The number of nitrogens with one attached hydrogen (secondary N) is 1. The smallest absolute Gasteiger partial charge is 0.374 e. The number of carbonyl (C=O) groups excluding carboxylic acids is 1. The van der Waals surface area contributed by atoms with E-state index < -0.39 is 5.97 Å². The number of hydrogen-bond acceptors (Lipinski definition) is 4. The molecule has 20 heavy (non-hydrogen) atoms. The molecule has 0 aliphatic heterocycles. The molecule has 0 amide bonds. The van der Waals surface area contributed by atoms with E-state index in [1.807, 2.05) is 31.2 Å². The summed E-state index contributed by atoms with van der Waals surface area (Å²) >= 11 is 5.86. The van der Waals surface area contributed by atoms with Gasteiger partial charge in [-0.15, -0.1) is 0 Å². The maximum Gasteiger partial charge on any atom is 0.374 e. The maximum atomic E-state index is 11.5. The molecule has 0 saturated heterocycles. The van der Waals surface area contributed by atoms with Crippen molar-refractivity contribution in [1.29, 1.82) is 0 Å². The molecule has 2 aromatic rings. The first-order valence-electron chi connectivity index (χ1n) is 6.25. The van der Waals surface area contributed by atoms with Crippen molar-refractivity contribution < 1.29 is 13.9 Å². The fourth-order valence-corrected chi connectivity index (χ4v) is 2.01. The molecular weight excluding hydrogens is 278 g/mol. The molecule has 1 aromatic carbocycles. The minimum absolute atomic E-state index is 0.132. The number of rotatable bonds is 5. The summed E-state index contributed by atoms with van der Waals surface area (Å²) in [4.78, 5) is 11.5. The molecule has 0 fully saturated rings. The zero-order valence-corrected chi connectivity index (χ0v) is 12.1. The molecule has 2 rings (SSSR count). The molecule has 4 nitrogen and oxygen atoms in total. The van der Waals surface area contributed by atoms with Crippen molar-refractivity contribution in [3.8, 4) is 0 Å². The summed E-state index contributed by atoms with van der Waals surface area (Å²) in [6.45, 7) is 2.56. The third kappa shape index (κ3) is 3.40. The average Bonchev–Trinajstić information content (AvgIpc) is 2.93. The van der Waals surface area contributed by atoms with Crippen LogP contribution in [0.1, 0.15) is 34.6 Å². The molecular formula is C15H16ClNO3. The number of carbonyl (C=O) groups is 1. The summed E-state index contributed by atoms with van der Waals surface area (Å²) in [5.41, 5.74) is 1.90. The van der Waals surface area contributed by atoms with Crippen LogP contribution in [0.5, 0.6) is 0 Å². The lowest BCUT2D eigenvalue weighted by Gasteiger charge is -2.14. The van der Waals surface area contributed by atoms with Crippen LogP contribution in [0, 0.1) is 0 Å². The Kier molecular flexibility index (Phi) is 4.82. The molecule has 0 saturated carbocycles. The van der Waals surface area contributed by atoms with Crippen molar-refractivity contribution in [2.45, 2.75) is 19.5 Å². The Morgan fingerprint density at radius 3 is 2.70 bits per heavy atom. The van der Waals surface area contributed by atoms with Crippen molar-refractivity contribution in [3.63, 3.8) is 0 Å². The summed E-state index contributed by atoms with van der Waals surface area (Å²) in [6.07, 6.45) is 1.48. The van der Waals surface area contributed by atoms with Crippen LogP contribution >= 0.6 is 11.6 Å². The Morgan fingerprint density at radius 1 is 1.35 bits per heavy atom. The van der Waals surface area contributed by atoms with Crippen LogP contribution in [0.15, 0.2) is 41.0 Å². The molecule has 1 heterocycles. The van der Waals surface area contributed by atoms with E-state index >= 15 is 0 Å². The average molecular weight is 294 g/mol. The van der Waals surface area contributed by atoms with Crippen LogP contribution in [0.2, 0.25) is 5.02 Å². The highest BCUT2D eigenvalue weighted by molar-refractivity contribution is 6.30. The highest BCUT2D eigenvalue weighted by Gasteiger charge is 2.16. The molecule has 0 spiro atoms. The number of ether oxygens (including phenoxy) is 1. The maximum absolute atomic E-state index is 11.5. The van der Waals surface area contributed by atoms with Gasteiger partial charge in [-0.1, -0.05) is 23.7 Å². The normalized spacial score (nSPS) is 12.2. The van der Waals surface area contributed by atoms with Gasteiger partial charge >= 0.3 is 5.97 Å². The molecule has 1 unspecified atom stereocenters. The Morgan fingerprint density at radius 2 is 2.05 bits per heavy atom. The van der Waals surface area contributed by atoms with E-state index in [-0.39, 0.29) is 11.8 Å². The van der Waals surface area contributed by atoms with Crippen molar-refractivity contribution >= 4 is 17.6 Å². The summed E-state index contributed by atoms with van der Waals surface area (Å²) in [7, 11) is 1.33. The lowest BCUT2D eigenvalue weighted by atomic mass is 10.1. The second-order valence-corrected chi connectivity index (χ2v) is 4.86. The first kappa shape index (κ1) is 14.6. The van der Waals surface area contributed by atoms with E-state index in [1.165, 1.54) is 13.4 Å². The van der Waals surface area contributed by atoms with Gasteiger partial charge in [-0.3, -0.25) is 0 Å². The standard InChI is InChI=1S/C15H16ClNO3/c1-10(11-3-5-13(16)6-4-11)17-9-12-7-8-20-14(12)15(18)19-2/h3-8,10,17H,9H2,1-2H3. The van der Waals surface area contributed by atoms with Crippen molar-refractivity contribution in [3.05, 3.63) is 58.5 Å². The lowest BCUT2D eigenvalue weighted by molar-refractivity contribution is 0.0563. The van der Waals surface area contributed by atoms with E-state index in [0.29, 0.717) is 11.6 Å². The van der Waals surface area contributed by atoms with Gasteiger partial charge in [0.25, 0.3) is 0 Å². The number of halogens is 1. The molecule has 5 heteroatoms. The fourth-order valence-electron chi connectivity index (χ4n) is 1.88. The molecule has 0 bridgehead atoms. The van der Waals surface area contributed by atoms with Gasteiger partial charge < -0.3 is 14.5 Å². The molecule has 1 aromatic heterocycles. The van der Waals surface area contributed by atoms with E-state index in [0.717, 1.165) is 11.1 Å². The molecule has 1 atom stereocenters.